The Morgan fingerprint density at radius 3 is 2.29 bits per heavy atom. The maximum absolute atomic E-state index is 13.3. The molecular weight excluding hydrogens is 398 g/mol. The molecule has 0 unspecified atom stereocenters. The van der Waals surface area contributed by atoms with Crippen LogP contribution in [0.25, 0.3) is 22.6 Å². The summed E-state index contributed by atoms with van der Waals surface area (Å²) >= 11 is 0. The largest absolute Gasteiger partial charge is 0.465 e. The topological polar surface area (TPSA) is 92.5 Å². The summed E-state index contributed by atoms with van der Waals surface area (Å²) in [5, 5.41) is 0. The fraction of sp³-hybridized carbons (Fsp3) is 0.364. The zero-order chi connectivity index (χ0) is 22.6. The van der Waals surface area contributed by atoms with Gasteiger partial charge in [0.2, 0.25) is 5.78 Å². The van der Waals surface area contributed by atoms with Gasteiger partial charge in [-0.2, -0.15) is 4.98 Å². The lowest BCUT2D eigenvalue weighted by molar-refractivity contribution is -0.143. The molecule has 0 amide bonds. The Bertz CT molecular complexity index is 1460. The molecule has 1 aromatic carbocycles. The first kappa shape index (κ1) is 20.6. The highest BCUT2D eigenvalue weighted by molar-refractivity contribution is 5.78. The zero-order valence-electron chi connectivity index (χ0n) is 18.5. The van der Waals surface area contributed by atoms with Gasteiger partial charge in [-0.05, 0) is 57.9 Å². The van der Waals surface area contributed by atoms with Gasteiger partial charge in [0.1, 0.15) is 6.54 Å². The van der Waals surface area contributed by atoms with Crippen molar-refractivity contribution in [2.75, 3.05) is 6.61 Å². The maximum atomic E-state index is 13.3. The fourth-order valence-corrected chi connectivity index (χ4v) is 4.11. The molecule has 9 nitrogen and oxygen atoms in total. The van der Waals surface area contributed by atoms with Crippen LogP contribution in [0.4, 0.5) is 0 Å². The summed E-state index contributed by atoms with van der Waals surface area (Å²) in [5.74, 6) is -0.0986. The van der Waals surface area contributed by atoms with Gasteiger partial charge in [-0.3, -0.25) is 23.1 Å². The molecule has 4 rings (SSSR count). The Hall–Kier alpha value is -3.62. The van der Waals surface area contributed by atoms with Crippen molar-refractivity contribution in [3.05, 3.63) is 61.6 Å². The molecule has 3 heterocycles. The number of aromatic nitrogens is 5. The molecule has 0 aliphatic rings. The summed E-state index contributed by atoms with van der Waals surface area (Å²) in [7, 11) is 1.54. The van der Waals surface area contributed by atoms with E-state index < -0.39 is 23.8 Å². The molecule has 3 aromatic heterocycles. The van der Waals surface area contributed by atoms with Crippen LogP contribution in [-0.2, 0) is 23.1 Å². The van der Waals surface area contributed by atoms with E-state index in [-0.39, 0.29) is 17.8 Å². The monoisotopic (exact) mass is 423 g/mol. The normalized spacial score (nSPS) is 11.5. The van der Waals surface area contributed by atoms with E-state index in [9.17, 15) is 14.4 Å². The number of esters is 1. The van der Waals surface area contributed by atoms with Gasteiger partial charge in [-0.1, -0.05) is 6.07 Å². The summed E-state index contributed by atoms with van der Waals surface area (Å²) < 4.78 is 10.9. The minimum absolute atomic E-state index is 0.171. The van der Waals surface area contributed by atoms with Crippen LogP contribution in [0.1, 0.15) is 29.4 Å². The third-order valence-electron chi connectivity index (χ3n) is 5.58. The number of hydrogen-bond donors (Lipinski definition) is 0. The van der Waals surface area contributed by atoms with Gasteiger partial charge in [0.05, 0.1) is 6.61 Å². The van der Waals surface area contributed by atoms with Gasteiger partial charge in [0.15, 0.2) is 11.2 Å². The molecule has 162 valence electrons. The van der Waals surface area contributed by atoms with Crippen LogP contribution >= 0.6 is 0 Å². The number of ether oxygens (including phenoxy) is 1. The van der Waals surface area contributed by atoms with Crippen LogP contribution < -0.4 is 11.2 Å². The fourth-order valence-electron chi connectivity index (χ4n) is 4.11. The highest BCUT2D eigenvalue weighted by Gasteiger charge is 2.24. The highest BCUT2D eigenvalue weighted by Crippen LogP contribution is 2.25. The Labute approximate surface area is 178 Å². The molecule has 0 radical (unpaired) electrons. The molecule has 0 bridgehead atoms. The van der Waals surface area contributed by atoms with Gasteiger partial charge in [-0.15, -0.1) is 0 Å². The highest BCUT2D eigenvalue weighted by atomic mass is 16.5. The number of fused-ring (bicyclic) bond motifs is 3. The predicted molar refractivity (Wildman–Crippen MR) is 117 cm³/mol. The van der Waals surface area contributed by atoms with Crippen molar-refractivity contribution < 1.29 is 9.53 Å². The molecule has 4 aromatic rings. The molecule has 0 atom stereocenters. The molecule has 0 N–H and O–H groups in total. The van der Waals surface area contributed by atoms with E-state index in [1.165, 1.54) is 4.57 Å². The van der Waals surface area contributed by atoms with Crippen molar-refractivity contribution in [1.82, 2.24) is 23.1 Å². The second-order valence-electron chi connectivity index (χ2n) is 7.81. The van der Waals surface area contributed by atoms with Gasteiger partial charge >= 0.3 is 11.7 Å². The van der Waals surface area contributed by atoms with Crippen molar-refractivity contribution >= 4 is 22.9 Å². The van der Waals surface area contributed by atoms with E-state index >= 15 is 0 Å². The minimum atomic E-state index is -0.637. The van der Waals surface area contributed by atoms with Gasteiger partial charge in [0.25, 0.3) is 5.56 Å². The lowest BCUT2D eigenvalue weighted by Crippen LogP contribution is -2.41. The van der Waals surface area contributed by atoms with E-state index in [0.717, 1.165) is 32.8 Å². The van der Waals surface area contributed by atoms with E-state index in [0.29, 0.717) is 5.78 Å². The molecule has 0 saturated carbocycles. The van der Waals surface area contributed by atoms with Crippen molar-refractivity contribution in [1.29, 1.82) is 0 Å². The average Bonchev–Trinajstić information content (AvgIpc) is 3.19. The van der Waals surface area contributed by atoms with Gasteiger partial charge in [-0.25, -0.2) is 9.36 Å². The van der Waals surface area contributed by atoms with E-state index in [1.54, 1.807) is 18.4 Å². The van der Waals surface area contributed by atoms with Gasteiger partial charge in [0, 0.05) is 24.1 Å². The molecule has 0 spiro atoms. The Morgan fingerprint density at radius 2 is 1.68 bits per heavy atom. The van der Waals surface area contributed by atoms with E-state index in [1.807, 2.05) is 32.3 Å². The number of benzene rings is 1. The maximum Gasteiger partial charge on any atom is 0.333 e. The number of aryl methyl sites for hydroxylation is 4. The SMILES string of the molecule is CCOC(=O)Cn1c(=O)c2c(nc3n(-c4cc(C)cc(C)c4)c(C)c(C)n23)n(C)c1=O. The smallest absolute Gasteiger partial charge is 0.333 e. The number of carbonyl (C=O) groups is 1. The molecule has 0 aliphatic heterocycles. The van der Waals surface area contributed by atoms with E-state index in [2.05, 4.69) is 23.2 Å². The molecule has 31 heavy (non-hydrogen) atoms. The van der Waals surface area contributed by atoms with Crippen molar-refractivity contribution in [3.63, 3.8) is 0 Å². The van der Waals surface area contributed by atoms with Crippen LogP contribution in [0.2, 0.25) is 0 Å². The number of hydrogen-bond acceptors (Lipinski definition) is 5. The zero-order valence-corrected chi connectivity index (χ0v) is 18.5. The summed E-state index contributed by atoms with van der Waals surface area (Å²) in [6.07, 6.45) is 0. The first-order valence-electron chi connectivity index (χ1n) is 10.1. The third kappa shape index (κ3) is 3.08. The van der Waals surface area contributed by atoms with Crippen LogP contribution in [0.3, 0.4) is 0 Å². The first-order valence-corrected chi connectivity index (χ1v) is 10.1. The predicted octanol–water partition coefficient (Wildman–Crippen LogP) is 1.94. The molecule has 0 saturated heterocycles. The number of carbonyl (C=O) groups excluding carboxylic acids is 1. The Morgan fingerprint density at radius 1 is 1.03 bits per heavy atom. The van der Waals surface area contributed by atoms with Crippen LogP contribution in [0.5, 0.6) is 0 Å². The van der Waals surface area contributed by atoms with Crippen molar-refractivity contribution in [2.45, 2.75) is 41.2 Å². The van der Waals surface area contributed by atoms with Crippen LogP contribution in [0.15, 0.2) is 27.8 Å². The molecule has 0 aliphatic carbocycles. The van der Waals surface area contributed by atoms with Crippen LogP contribution in [0, 0.1) is 27.7 Å². The summed E-state index contributed by atoms with van der Waals surface area (Å²) in [4.78, 5) is 42.8. The number of imidazole rings is 2. The quantitative estimate of drug-likeness (QED) is 0.468. The number of rotatable bonds is 4. The average molecular weight is 423 g/mol. The molecular formula is C22H25N5O4. The lowest BCUT2D eigenvalue weighted by Gasteiger charge is -2.09. The second-order valence-corrected chi connectivity index (χ2v) is 7.81. The first-order chi connectivity index (χ1) is 14.6. The standard InChI is InChI=1S/C22H25N5O4/c1-7-31-17(28)11-25-20(29)18-19(24(6)22(25)30)23-21-26(14(4)15(5)27(18)21)16-9-12(2)8-13(3)10-16/h8-10H,7,11H2,1-6H3. The van der Waals surface area contributed by atoms with Crippen LogP contribution in [-0.4, -0.2) is 35.7 Å². The summed E-state index contributed by atoms with van der Waals surface area (Å²) in [6, 6.07) is 6.19. The lowest BCUT2D eigenvalue weighted by atomic mass is 10.1. The Kier molecular flexibility index (Phi) is 4.83. The molecule has 9 heteroatoms. The van der Waals surface area contributed by atoms with E-state index in [4.69, 9.17) is 4.74 Å². The van der Waals surface area contributed by atoms with Crippen molar-refractivity contribution in [3.8, 4) is 5.69 Å². The molecule has 0 fully saturated rings. The Balaban J connectivity index is 2.10. The minimum Gasteiger partial charge on any atom is -0.465 e. The summed E-state index contributed by atoms with van der Waals surface area (Å²) in [6.45, 7) is 9.32. The summed E-state index contributed by atoms with van der Waals surface area (Å²) in [5.41, 5.74) is 4.25. The number of nitrogens with zero attached hydrogens (tertiary/aromatic N) is 5. The second kappa shape index (κ2) is 7.26. The van der Waals surface area contributed by atoms with Crippen molar-refractivity contribution in [2.24, 2.45) is 7.05 Å². The third-order valence-corrected chi connectivity index (χ3v) is 5.58. The van der Waals surface area contributed by atoms with Gasteiger partial charge < -0.3 is 4.74 Å².